The fourth-order valence-electron chi connectivity index (χ4n) is 3.24. The highest BCUT2D eigenvalue weighted by Crippen LogP contribution is 2.28. The molecular weight excluding hydrogens is 343 g/mol. The van der Waals surface area contributed by atoms with Crippen LogP contribution in [0, 0.1) is 5.82 Å². The first-order valence-corrected chi connectivity index (χ1v) is 8.68. The van der Waals surface area contributed by atoms with E-state index in [4.69, 9.17) is 0 Å². The van der Waals surface area contributed by atoms with Crippen molar-refractivity contribution in [3.05, 3.63) is 95.3 Å². The summed E-state index contributed by atoms with van der Waals surface area (Å²) in [4.78, 5) is 26.9. The maximum absolute atomic E-state index is 13.2. The Morgan fingerprint density at radius 2 is 1.63 bits per heavy atom. The standard InChI is InChI=1S/C22H17FN2O2/c23-18-5-3-6-19(14-18)24-21(26)16-8-10-17(11-9-16)22(27)25-13-12-15-4-1-2-7-20(15)25/h1-11,14H,12-13H2,(H,24,26). The van der Waals surface area contributed by atoms with Gasteiger partial charge in [0, 0.05) is 29.0 Å². The molecule has 1 aliphatic heterocycles. The molecule has 0 unspecified atom stereocenters. The van der Waals surface area contributed by atoms with E-state index in [1.165, 1.54) is 18.2 Å². The van der Waals surface area contributed by atoms with E-state index in [9.17, 15) is 14.0 Å². The number of carbonyl (C=O) groups is 2. The summed E-state index contributed by atoms with van der Waals surface area (Å²) in [6.07, 6.45) is 0.843. The summed E-state index contributed by atoms with van der Waals surface area (Å²) in [7, 11) is 0. The molecule has 134 valence electrons. The van der Waals surface area contributed by atoms with E-state index < -0.39 is 5.82 Å². The number of amides is 2. The number of halogens is 1. The van der Waals surface area contributed by atoms with E-state index in [1.807, 2.05) is 24.3 Å². The molecule has 0 saturated heterocycles. The second kappa shape index (κ2) is 7.03. The quantitative estimate of drug-likeness (QED) is 0.758. The maximum Gasteiger partial charge on any atom is 0.258 e. The summed E-state index contributed by atoms with van der Waals surface area (Å²) < 4.78 is 13.2. The van der Waals surface area contributed by atoms with Crippen LogP contribution in [0.15, 0.2) is 72.8 Å². The molecular formula is C22H17FN2O2. The maximum atomic E-state index is 13.2. The monoisotopic (exact) mass is 360 g/mol. The average Bonchev–Trinajstić information content (AvgIpc) is 3.12. The topological polar surface area (TPSA) is 49.4 Å². The van der Waals surface area contributed by atoms with Crippen LogP contribution in [-0.4, -0.2) is 18.4 Å². The first-order chi connectivity index (χ1) is 13.1. The molecule has 5 heteroatoms. The minimum absolute atomic E-state index is 0.0861. The molecule has 0 aliphatic carbocycles. The fraction of sp³-hybridized carbons (Fsp3) is 0.0909. The van der Waals surface area contributed by atoms with Crippen molar-refractivity contribution in [2.75, 3.05) is 16.8 Å². The van der Waals surface area contributed by atoms with Crippen molar-refractivity contribution in [3.8, 4) is 0 Å². The Bertz CT molecular complexity index is 1010. The minimum Gasteiger partial charge on any atom is -0.322 e. The Labute approximate surface area is 156 Å². The molecule has 1 aliphatic rings. The highest BCUT2D eigenvalue weighted by atomic mass is 19.1. The van der Waals surface area contributed by atoms with Crippen LogP contribution in [0.3, 0.4) is 0 Å². The third-order valence-corrected chi connectivity index (χ3v) is 4.61. The average molecular weight is 360 g/mol. The number of benzene rings is 3. The van der Waals surface area contributed by atoms with E-state index in [2.05, 4.69) is 5.32 Å². The first-order valence-electron chi connectivity index (χ1n) is 8.68. The van der Waals surface area contributed by atoms with Crippen LogP contribution in [0.2, 0.25) is 0 Å². The van der Waals surface area contributed by atoms with E-state index in [1.54, 1.807) is 35.2 Å². The zero-order valence-corrected chi connectivity index (χ0v) is 14.5. The normalized spacial score (nSPS) is 12.6. The second-order valence-electron chi connectivity index (χ2n) is 6.38. The Morgan fingerprint density at radius 3 is 2.41 bits per heavy atom. The summed E-state index contributed by atoms with van der Waals surface area (Å²) in [5.74, 6) is -0.859. The Balaban J connectivity index is 1.49. The number of fused-ring (bicyclic) bond motifs is 1. The van der Waals surface area contributed by atoms with Gasteiger partial charge >= 0.3 is 0 Å². The molecule has 1 N–H and O–H groups in total. The van der Waals surface area contributed by atoms with Crippen LogP contribution in [0.5, 0.6) is 0 Å². The van der Waals surface area contributed by atoms with Gasteiger partial charge in [0.2, 0.25) is 0 Å². The van der Waals surface area contributed by atoms with Gasteiger partial charge in [0.15, 0.2) is 0 Å². The lowest BCUT2D eigenvalue weighted by molar-refractivity contribution is 0.0986. The zero-order chi connectivity index (χ0) is 18.8. The molecule has 0 radical (unpaired) electrons. The van der Waals surface area contributed by atoms with Crippen molar-refractivity contribution in [1.82, 2.24) is 0 Å². The fourth-order valence-corrected chi connectivity index (χ4v) is 3.24. The molecule has 0 aromatic heterocycles. The van der Waals surface area contributed by atoms with Gasteiger partial charge in [0.1, 0.15) is 5.82 Å². The van der Waals surface area contributed by atoms with Crippen LogP contribution >= 0.6 is 0 Å². The third kappa shape index (κ3) is 3.44. The molecule has 4 nitrogen and oxygen atoms in total. The van der Waals surface area contributed by atoms with Gasteiger partial charge < -0.3 is 10.2 Å². The lowest BCUT2D eigenvalue weighted by Crippen LogP contribution is -2.28. The number of anilines is 2. The van der Waals surface area contributed by atoms with Gasteiger partial charge in [-0.3, -0.25) is 9.59 Å². The predicted octanol–water partition coefficient (Wildman–Crippen LogP) is 4.28. The summed E-state index contributed by atoms with van der Waals surface area (Å²) in [6, 6.07) is 20.1. The number of hydrogen-bond donors (Lipinski definition) is 1. The van der Waals surface area contributed by atoms with Crippen LogP contribution in [0.1, 0.15) is 26.3 Å². The molecule has 0 saturated carbocycles. The number of nitrogens with zero attached hydrogens (tertiary/aromatic N) is 1. The van der Waals surface area contributed by atoms with E-state index in [0.717, 1.165) is 17.7 Å². The van der Waals surface area contributed by atoms with E-state index in [-0.39, 0.29) is 11.8 Å². The Morgan fingerprint density at radius 1 is 0.889 bits per heavy atom. The van der Waals surface area contributed by atoms with Crippen LogP contribution in [0.25, 0.3) is 0 Å². The van der Waals surface area contributed by atoms with Crippen molar-refractivity contribution in [1.29, 1.82) is 0 Å². The van der Waals surface area contributed by atoms with Gasteiger partial charge in [0.25, 0.3) is 11.8 Å². The second-order valence-corrected chi connectivity index (χ2v) is 6.38. The number of nitrogens with one attached hydrogen (secondary N) is 1. The zero-order valence-electron chi connectivity index (χ0n) is 14.5. The molecule has 0 spiro atoms. The number of carbonyl (C=O) groups excluding carboxylic acids is 2. The van der Waals surface area contributed by atoms with Crippen molar-refractivity contribution >= 4 is 23.2 Å². The number of para-hydroxylation sites is 1. The molecule has 27 heavy (non-hydrogen) atoms. The number of rotatable bonds is 3. The molecule has 3 aromatic carbocycles. The summed E-state index contributed by atoms with van der Waals surface area (Å²) in [5, 5.41) is 2.64. The Kier molecular flexibility index (Phi) is 4.42. The van der Waals surface area contributed by atoms with Gasteiger partial charge in [-0.1, -0.05) is 24.3 Å². The molecule has 2 amide bonds. The largest absolute Gasteiger partial charge is 0.322 e. The van der Waals surface area contributed by atoms with Crippen molar-refractivity contribution in [3.63, 3.8) is 0 Å². The van der Waals surface area contributed by atoms with Crippen LogP contribution < -0.4 is 10.2 Å². The summed E-state index contributed by atoms with van der Waals surface area (Å²) >= 11 is 0. The van der Waals surface area contributed by atoms with Gasteiger partial charge in [0.05, 0.1) is 0 Å². The van der Waals surface area contributed by atoms with Crippen LogP contribution in [0.4, 0.5) is 15.8 Å². The SMILES string of the molecule is O=C(Nc1cccc(F)c1)c1ccc(C(=O)N2CCc3ccccc32)cc1. The van der Waals surface area contributed by atoms with Gasteiger partial charge in [-0.25, -0.2) is 4.39 Å². The minimum atomic E-state index is -0.417. The predicted molar refractivity (Wildman–Crippen MR) is 103 cm³/mol. The summed E-state index contributed by atoms with van der Waals surface area (Å²) in [5.41, 5.74) is 3.41. The third-order valence-electron chi connectivity index (χ3n) is 4.61. The van der Waals surface area contributed by atoms with Gasteiger partial charge in [-0.15, -0.1) is 0 Å². The number of hydrogen-bond acceptors (Lipinski definition) is 2. The highest BCUT2D eigenvalue weighted by molar-refractivity contribution is 6.09. The highest BCUT2D eigenvalue weighted by Gasteiger charge is 2.25. The van der Waals surface area contributed by atoms with Crippen molar-refractivity contribution < 1.29 is 14.0 Å². The lowest BCUT2D eigenvalue weighted by atomic mass is 10.1. The summed E-state index contributed by atoms with van der Waals surface area (Å²) in [6.45, 7) is 0.653. The van der Waals surface area contributed by atoms with Crippen molar-refractivity contribution in [2.45, 2.75) is 6.42 Å². The first kappa shape index (κ1) is 17.0. The molecule has 4 rings (SSSR count). The lowest BCUT2D eigenvalue weighted by Gasteiger charge is -2.17. The smallest absolute Gasteiger partial charge is 0.258 e. The van der Waals surface area contributed by atoms with Gasteiger partial charge in [-0.05, 0) is 60.5 Å². The van der Waals surface area contributed by atoms with Gasteiger partial charge in [-0.2, -0.15) is 0 Å². The molecule has 3 aromatic rings. The van der Waals surface area contributed by atoms with Crippen LogP contribution in [-0.2, 0) is 6.42 Å². The molecule has 1 heterocycles. The van der Waals surface area contributed by atoms with E-state index in [0.29, 0.717) is 23.4 Å². The molecule has 0 fully saturated rings. The van der Waals surface area contributed by atoms with Crippen molar-refractivity contribution in [2.24, 2.45) is 0 Å². The molecule has 0 atom stereocenters. The molecule has 0 bridgehead atoms. The Hall–Kier alpha value is -3.47. The van der Waals surface area contributed by atoms with E-state index >= 15 is 0 Å².